The van der Waals surface area contributed by atoms with Crippen LogP contribution >= 0.6 is 0 Å². The third-order valence-electron chi connectivity index (χ3n) is 5.84. The lowest BCUT2D eigenvalue weighted by molar-refractivity contribution is 0.561. The lowest BCUT2D eigenvalue weighted by atomic mass is 10.0. The first kappa shape index (κ1) is 22.3. The Morgan fingerprint density at radius 2 is 1.85 bits per heavy atom. The van der Waals surface area contributed by atoms with E-state index in [4.69, 9.17) is 0 Å². The molecule has 0 saturated carbocycles. The molecule has 0 saturated heterocycles. The molecule has 0 amide bonds. The van der Waals surface area contributed by atoms with Crippen LogP contribution in [0.3, 0.4) is 0 Å². The Kier molecular flexibility index (Phi) is 6.83. The van der Waals surface area contributed by atoms with Crippen molar-refractivity contribution in [1.82, 2.24) is 25.5 Å². The summed E-state index contributed by atoms with van der Waals surface area (Å²) in [5.74, 6) is 0. The molecule has 0 bridgehead atoms. The minimum Gasteiger partial charge on any atom is -0.382 e. The number of para-hydroxylation sites is 1. The van der Waals surface area contributed by atoms with Gasteiger partial charge in [-0.25, -0.2) is 4.98 Å². The minimum absolute atomic E-state index is 0.393. The Morgan fingerprint density at radius 3 is 2.61 bits per heavy atom. The number of anilines is 1. The molecule has 3 heterocycles. The van der Waals surface area contributed by atoms with Crippen LogP contribution < -0.4 is 10.6 Å². The molecule has 0 fully saturated rings. The van der Waals surface area contributed by atoms with Gasteiger partial charge < -0.3 is 10.6 Å². The highest BCUT2D eigenvalue weighted by molar-refractivity contribution is 5.92. The van der Waals surface area contributed by atoms with E-state index in [9.17, 15) is 0 Å². The molecule has 1 aromatic carbocycles. The predicted molar refractivity (Wildman–Crippen MR) is 137 cm³/mol. The Hall–Kier alpha value is -3.93. The Morgan fingerprint density at radius 1 is 1.03 bits per heavy atom. The van der Waals surface area contributed by atoms with Crippen LogP contribution in [0.5, 0.6) is 0 Å². The molecule has 0 aliphatic heterocycles. The maximum absolute atomic E-state index is 4.53. The quantitative estimate of drug-likeness (QED) is 0.293. The van der Waals surface area contributed by atoms with Gasteiger partial charge in [-0.1, -0.05) is 51.3 Å². The second kappa shape index (κ2) is 10.1. The van der Waals surface area contributed by atoms with E-state index in [0.29, 0.717) is 11.7 Å². The molecular weight excluding hydrogens is 408 g/mol. The van der Waals surface area contributed by atoms with Crippen LogP contribution in [0.4, 0.5) is 5.69 Å². The molecule has 0 unspecified atom stereocenters. The predicted octanol–water partition coefficient (Wildman–Crippen LogP) is 5.78. The van der Waals surface area contributed by atoms with E-state index < -0.39 is 0 Å². The van der Waals surface area contributed by atoms with Crippen molar-refractivity contribution >= 4 is 28.1 Å². The van der Waals surface area contributed by atoms with Gasteiger partial charge in [0.1, 0.15) is 0 Å². The van der Waals surface area contributed by atoms with Gasteiger partial charge in [-0.15, -0.1) is 0 Å². The average molecular weight is 439 g/mol. The van der Waals surface area contributed by atoms with Gasteiger partial charge in [0.15, 0.2) is 5.65 Å². The number of H-pyrrole nitrogens is 1. The van der Waals surface area contributed by atoms with Crippen molar-refractivity contribution < 1.29 is 0 Å². The van der Waals surface area contributed by atoms with Crippen molar-refractivity contribution in [2.24, 2.45) is 0 Å². The van der Waals surface area contributed by atoms with Crippen LogP contribution in [0.2, 0.25) is 0 Å². The summed E-state index contributed by atoms with van der Waals surface area (Å²) >= 11 is 0. The summed E-state index contributed by atoms with van der Waals surface area (Å²) in [5, 5.41) is 15.3. The fourth-order valence-electron chi connectivity index (χ4n) is 3.86. The molecule has 0 radical (unpaired) electrons. The summed E-state index contributed by atoms with van der Waals surface area (Å²) in [6.45, 7) is 12.8. The minimum atomic E-state index is 0.393. The van der Waals surface area contributed by atoms with Crippen molar-refractivity contribution in [2.75, 3.05) is 5.32 Å². The third kappa shape index (κ3) is 5.12. The number of hydrogen-bond acceptors (Lipinski definition) is 5. The van der Waals surface area contributed by atoms with E-state index in [1.54, 1.807) is 6.20 Å². The smallest absolute Gasteiger partial charge is 0.181 e. The first-order valence-electron chi connectivity index (χ1n) is 11.3. The number of fused-ring (bicyclic) bond motifs is 1. The van der Waals surface area contributed by atoms with E-state index in [1.807, 2.05) is 30.6 Å². The Balaban J connectivity index is 1.57. The molecule has 3 N–H and O–H groups in total. The zero-order valence-electron chi connectivity index (χ0n) is 19.2. The SMILES string of the molecule is C=C(NC(CC)CC)c1cnc2n[nH]c(C(=C)Nc3ccccc3Cc3cccnc3)c2c1. The van der Waals surface area contributed by atoms with Crippen LogP contribution in [0.25, 0.3) is 22.4 Å². The molecule has 4 rings (SSSR count). The van der Waals surface area contributed by atoms with Gasteiger partial charge in [-0.2, -0.15) is 5.10 Å². The third-order valence-corrected chi connectivity index (χ3v) is 5.84. The fourth-order valence-corrected chi connectivity index (χ4v) is 3.86. The van der Waals surface area contributed by atoms with Gasteiger partial charge in [0, 0.05) is 53.4 Å². The van der Waals surface area contributed by atoms with E-state index >= 15 is 0 Å². The molecule has 0 aliphatic carbocycles. The number of hydrogen-bond donors (Lipinski definition) is 3. The van der Waals surface area contributed by atoms with Crippen molar-refractivity contribution in [3.8, 4) is 0 Å². The summed E-state index contributed by atoms with van der Waals surface area (Å²) in [4.78, 5) is 8.75. The van der Waals surface area contributed by atoms with Gasteiger partial charge in [0.25, 0.3) is 0 Å². The van der Waals surface area contributed by atoms with Crippen LogP contribution in [0, 0.1) is 0 Å². The van der Waals surface area contributed by atoms with E-state index in [0.717, 1.165) is 64.1 Å². The summed E-state index contributed by atoms with van der Waals surface area (Å²) in [7, 11) is 0. The van der Waals surface area contributed by atoms with Crippen LogP contribution in [-0.2, 0) is 6.42 Å². The molecule has 6 heteroatoms. The van der Waals surface area contributed by atoms with Gasteiger partial charge in [-0.05, 0) is 42.2 Å². The van der Waals surface area contributed by atoms with Crippen molar-refractivity contribution in [1.29, 1.82) is 0 Å². The highest BCUT2D eigenvalue weighted by atomic mass is 15.2. The van der Waals surface area contributed by atoms with Gasteiger partial charge in [0.05, 0.1) is 11.4 Å². The molecule has 3 aromatic heterocycles. The van der Waals surface area contributed by atoms with Crippen molar-refractivity contribution in [3.05, 3.63) is 96.6 Å². The summed E-state index contributed by atoms with van der Waals surface area (Å²) in [6.07, 6.45) is 8.35. The lowest BCUT2D eigenvalue weighted by Gasteiger charge is -2.18. The number of benzene rings is 1. The molecule has 0 atom stereocenters. The molecule has 168 valence electrons. The van der Waals surface area contributed by atoms with Gasteiger partial charge in [-0.3, -0.25) is 10.1 Å². The molecule has 0 aliphatic rings. The molecule has 6 nitrogen and oxygen atoms in total. The van der Waals surface area contributed by atoms with Crippen LogP contribution in [0.1, 0.15) is 49.1 Å². The monoisotopic (exact) mass is 438 g/mol. The highest BCUT2D eigenvalue weighted by Gasteiger charge is 2.14. The molecule has 33 heavy (non-hydrogen) atoms. The Bertz CT molecular complexity index is 1250. The molecular formula is C27H30N6. The first-order valence-corrected chi connectivity index (χ1v) is 11.3. The second-order valence-electron chi connectivity index (χ2n) is 8.13. The number of aromatic amines is 1. The maximum Gasteiger partial charge on any atom is 0.181 e. The second-order valence-corrected chi connectivity index (χ2v) is 8.13. The number of pyridine rings is 2. The van der Waals surface area contributed by atoms with Gasteiger partial charge in [0.2, 0.25) is 0 Å². The average Bonchev–Trinajstić information content (AvgIpc) is 3.27. The molecule has 4 aromatic rings. The zero-order valence-corrected chi connectivity index (χ0v) is 19.2. The topological polar surface area (TPSA) is 78.5 Å². The fraction of sp³-hybridized carbons (Fsp3) is 0.222. The van der Waals surface area contributed by atoms with Crippen molar-refractivity contribution in [2.45, 2.75) is 39.2 Å². The number of nitrogens with one attached hydrogen (secondary N) is 3. The van der Waals surface area contributed by atoms with E-state index in [1.165, 1.54) is 0 Å². The number of nitrogens with zero attached hydrogens (tertiary/aromatic N) is 3. The Labute approximate surface area is 194 Å². The summed E-state index contributed by atoms with van der Waals surface area (Å²) < 4.78 is 0. The summed E-state index contributed by atoms with van der Waals surface area (Å²) in [5.41, 5.74) is 7.32. The normalized spacial score (nSPS) is 11.0. The summed E-state index contributed by atoms with van der Waals surface area (Å²) in [6, 6.07) is 14.7. The maximum atomic E-state index is 4.53. The zero-order chi connectivity index (χ0) is 23.2. The first-order chi connectivity index (χ1) is 16.1. The molecule has 0 spiro atoms. The standard InChI is InChI=1S/C27H30N6/c1-5-23(6-2)30-18(3)22-15-24-26(32-33-27(24)29-17-22)19(4)31-25-12-8-7-11-21(25)14-20-10-9-13-28-16-20/h7-13,15-17,23,30-31H,3-6,14H2,1-2H3,(H,29,32,33). The number of aromatic nitrogens is 4. The van der Waals surface area contributed by atoms with Crippen LogP contribution in [0.15, 0.2) is 74.2 Å². The number of rotatable bonds is 10. The van der Waals surface area contributed by atoms with E-state index in [2.05, 4.69) is 82.1 Å². The largest absolute Gasteiger partial charge is 0.382 e. The van der Waals surface area contributed by atoms with Crippen LogP contribution in [-0.4, -0.2) is 26.2 Å². The van der Waals surface area contributed by atoms with Crippen molar-refractivity contribution in [3.63, 3.8) is 0 Å². The van der Waals surface area contributed by atoms with E-state index in [-0.39, 0.29) is 0 Å². The highest BCUT2D eigenvalue weighted by Crippen LogP contribution is 2.27. The van der Waals surface area contributed by atoms with Gasteiger partial charge >= 0.3 is 0 Å². The lowest BCUT2D eigenvalue weighted by Crippen LogP contribution is -2.25.